The van der Waals surface area contributed by atoms with Crippen LogP contribution in [0, 0.1) is 10.1 Å². The van der Waals surface area contributed by atoms with Crippen LogP contribution in [0.4, 0.5) is 5.69 Å². The minimum absolute atomic E-state index is 0.138. The normalized spacial score (nSPS) is 18.9. The molecular weight excluding hydrogens is 272 g/mol. The van der Waals surface area contributed by atoms with Gasteiger partial charge in [-0.1, -0.05) is 25.0 Å². The highest BCUT2D eigenvalue weighted by Gasteiger charge is 2.32. The van der Waals surface area contributed by atoms with Gasteiger partial charge in [0.05, 0.1) is 4.92 Å². The standard InChI is InChI=1S/C15H22N2O2S/c1-12(13-6-5-7-14(10-13)17(18)19)16-11-15(20-2)8-3-4-9-15/h5-7,10,12,16H,3-4,8-9,11H2,1-2H3. The predicted molar refractivity (Wildman–Crippen MR) is 84.2 cm³/mol. The molecule has 1 aliphatic carbocycles. The molecule has 110 valence electrons. The summed E-state index contributed by atoms with van der Waals surface area (Å²) in [6, 6.07) is 7.05. The first-order valence-corrected chi connectivity index (χ1v) is 8.32. The first-order valence-electron chi connectivity index (χ1n) is 7.09. The largest absolute Gasteiger partial charge is 0.309 e. The Hall–Kier alpha value is -1.07. The van der Waals surface area contributed by atoms with E-state index in [1.807, 2.05) is 17.8 Å². The van der Waals surface area contributed by atoms with E-state index in [0.29, 0.717) is 4.75 Å². The van der Waals surface area contributed by atoms with Crippen LogP contribution < -0.4 is 5.32 Å². The third-order valence-electron chi connectivity index (χ3n) is 4.26. The maximum Gasteiger partial charge on any atom is 0.269 e. The van der Waals surface area contributed by atoms with Gasteiger partial charge in [-0.3, -0.25) is 10.1 Å². The average Bonchev–Trinajstić information content (AvgIpc) is 2.94. The average molecular weight is 294 g/mol. The fourth-order valence-electron chi connectivity index (χ4n) is 2.84. The lowest BCUT2D eigenvalue weighted by Gasteiger charge is -2.29. The van der Waals surface area contributed by atoms with Gasteiger partial charge in [-0.15, -0.1) is 0 Å². The quantitative estimate of drug-likeness (QED) is 0.638. The summed E-state index contributed by atoms with van der Waals surface area (Å²) in [5.74, 6) is 0. The van der Waals surface area contributed by atoms with E-state index < -0.39 is 0 Å². The molecule has 1 N–H and O–H groups in total. The van der Waals surface area contributed by atoms with Crippen molar-refractivity contribution in [1.29, 1.82) is 0 Å². The van der Waals surface area contributed by atoms with Crippen molar-refractivity contribution in [3.63, 3.8) is 0 Å². The van der Waals surface area contributed by atoms with Gasteiger partial charge in [0.25, 0.3) is 5.69 Å². The molecule has 0 heterocycles. The Balaban J connectivity index is 1.99. The van der Waals surface area contributed by atoms with E-state index in [-0.39, 0.29) is 16.7 Å². The summed E-state index contributed by atoms with van der Waals surface area (Å²) in [5.41, 5.74) is 1.14. The molecule has 0 amide bonds. The minimum atomic E-state index is -0.337. The lowest BCUT2D eigenvalue weighted by molar-refractivity contribution is -0.384. The van der Waals surface area contributed by atoms with Gasteiger partial charge in [-0.25, -0.2) is 0 Å². The van der Waals surface area contributed by atoms with Crippen LogP contribution in [-0.2, 0) is 0 Å². The summed E-state index contributed by atoms with van der Waals surface area (Å²) >= 11 is 1.95. The Morgan fingerprint density at radius 1 is 1.45 bits per heavy atom. The number of rotatable bonds is 6. The highest BCUT2D eigenvalue weighted by Crippen LogP contribution is 2.40. The molecule has 0 aromatic heterocycles. The molecule has 0 aliphatic heterocycles. The Kier molecular flexibility index (Phi) is 5.05. The summed E-state index contributed by atoms with van der Waals surface area (Å²) in [6.07, 6.45) is 7.35. The molecule has 1 atom stereocenters. The Labute approximate surface area is 124 Å². The lowest BCUT2D eigenvalue weighted by Crippen LogP contribution is -2.36. The number of nitro benzene ring substituents is 1. The van der Waals surface area contributed by atoms with Crippen LogP contribution >= 0.6 is 11.8 Å². The monoisotopic (exact) mass is 294 g/mol. The molecule has 1 aromatic rings. The second-order valence-electron chi connectivity index (χ2n) is 5.55. The zero-order valence-corrected chi connectivity index (χ0v) is 12.9. The molecule has 5 heteroatoms. The fourth-order valence-corrected chi connectivity index (χ4v) is 3.76. The molecule has 1 unspecified atom stereocenters. The molecule has 1 aliphatic rings. The summed E-state index contributed by atoms with van der Waals surface area (Å²) in [7, 11) is 0. The van der Waals surface area contributed by atoms with Gasteiger partial charge in [0.1, 0.15) is 0 Å². The Morgan fingerprint density at radius 3 is 2.75 bits per heavy atom. The van der Waals surface area contributed by atoms with Gasteiger partial charge in [0, 0.05) is 29.5 Å². The maximum atomic E-state index is 10.8. The number of non-ortho nitro benzene ring substituents is 1. The molecule has 1 saturated carbocycles. The zero-order valence-electron chi connectivity index (χ0n) is 12.1. The van der Waals surface area contributed by atoms with Crippen molar-refractivity contribution < 1.29 is 4.92 Å². The smallest absolute Gasteiger partial charge is 0.269 e. The number of thioether (sulfide) groups is 1. The summed E-state index contributed by atoms with van der Waals surface area (Å²) < 4.78 is 0.356. The molecule has 0 radical (unpaired) electrons. The van der Waals surface area contributed by atoms with Crippen LogP contribution in [0.2, 0.25) is 0 Å². The van der Waals surface area contributed by atoms with Crippen LogP contribution in [0.5, 0.6) is 0 Å². The van der Waals surface area contributed by atoms with Gasteiger partial charge >= 0.3 is 0 Å². The second-order valence-corrected chi connectivity index (χ2v) is 6.82. The summed E-state index contributed by atoms with van der Waals surface area (Å²) in [5, 5.41) is 14.4. The third-order valence-corrected chi connectivity index (χ3v) is 5.68. The summed E-state index contributed by atoms with van der Waals surface area (Å²) in [6.45, 7) is 3.04. The van der Waals surface area contributed by atoms with E-state index in [2.05, 4.69) is 18.5 Å². The predicted octanol–water partition coefficient (Wildman–Crippen LogP) is 3.92. The number of benzene rings is 1. The second kappa shape index (κ2) is 6.59. The first-order chi connectivity index (χ1) is 9.56. The topological polar surface area (TPSA) is 55.2 Å². The van der Waals surface area contributed by atoms with E-state index in [4.69, 9.17) is 0 Å². The molecule has 2 rings (SSSR count). The number of hydrogen-bond acceptors (Lipinski definition) is 4. The molecule has 0 spiro atoms. The van der Waals surface area contributed by atoms with Crippen molar-refractivity contribution in [2.24, 2.45) is 0 Å². The highest BCUT2D eigenvalue weighted by atomic mass is 32.2. The molecule has 1 aromatic carbocycles. The number of nitro groups is 1. The summed E-state index contributed by atoms with van der Waals surface area (Å²) in [4.78, 5) is 10.5. The van der Waals surface area contributed by atoms with Gasteiger partial charge in [0.2, 0.25) is 0 Å². The van der Waals surface area contributed by atoms with E-state index >= 15 is 0 Å². The SMILES string of the molecule is CSC1(CNC(C)c2cccc([N+](=O)[O-])c2)CCCC1. The van der Waals surface area contributed by atoms with Crippen molar-refractivity contribution in [3.05, 3.63) is 39.9 Å². The molecule has 4 nitrogen and oxygen atoms in total. The minimum Gasteiger partial charge on any atom is -0.309 e. The van der Waals surface area contributed by atoms with Crippen LogP contribution in [0.1, 0.15) is 44.2 Å². The molecule has 20 heavy (non-hydrogen) atoms. The van der Waals surface area contributed by atoms with Crippen molar-refractivity contribution >= 4 is 17.4 Å². The van der Waals surface area contributed by atoms with Crippen LogP contribution in [0.15, 0.2) is 24.3 Å². The van der Waals surface area contributed by atoms with Crippen LogP contribution in [0.25, 0.3) is 0 Å². The van der Waals surface area contributed by atoms with E-state index in [1.54, 1.807) is 12.1 Å². The Morgan fingerprint density at radius 2 is 2.15 bits per heavy atom. The zero-order chi connectivity index (χ0) is 14.6. The first kappa shape index (κ1) is 15.3. The Bertz CT molecular complexity index is 473. The van der Waals surface area contributed by atoms with Gasteiger partial charge in [-0.2, -0.15) is 11.8 Å². The molecule has 0 bridgehead atoms. The van der Waals surface area contributed by atoms with Gasteiger partial charge in [-0.05, 0) is 31.6 Å². The van der Waals surface area contributed by atoms with Crippen molar-refractivity contribution in [3.8, 4) is 0 Å². The van der Waals surface area contributed by atoms with E-state index in [9.17, 15) is 10.1 Å². The van der Waals surface area contributed by atoms with Crippen LogP contribution in [-0.4, -0.2) is 22.5 Å². The number of hydrogen-bond donors (Lipinski definition) is 1. The molecule has 0 saturated heterocycles. The van der Waals surface area contributed by atoms with Gasteiger partial charge in [0.15, 0.2) is 0 Å². The van der Waals surface area contributed by atoms with E-state index in [1.165, 1.54) is 31.7 Å². The fraction of sp³-hybridized carbons (Fsp3) is 0.600. The van der Waals surface area contributed by atoms with Crippen molar-refractivity contribution in [2.75, 3.05) is 12.8 Å². The van der Waals surface area contributed by atoms with E-state index in [0.717, 1.165) is 12.1 Å². The van der Waals surface area contributed by atoms with Crippen molar-refractivity contribution in [1.82, 2.24) is 5.32 Å². The third kappa shape index (κ3) is 3.52. The number of nitrogens with one attached hydrogen (secondary N) is 1. The van der Waals surface area contributed by atoms with Gasteiger partial charge < -0.3 is 5.32 Å². The highest BCUT2D eigenvalue weighted by molar-refractivity contribution is 8.00. The molecular formula is C15H22N2O2S. The van der Waals surface area contributed by atoms with Crippen LogP contribution in [0.3, 0.4) is 0 Å². The van der Waals surface area contributed by atoms with Crippen molar-refractivity contribution in [2.45, 2.75) is 43.4 Å². The number of nitrogens with zero attached hydrogens (tertiary/aromatic N) is 1. The maximum absolute atomic E-state index is 10.8. The lowest BCUT2D eigenvalue weighted by atomic mass is 10.0. The molecule has 1 fully saturated rings.